The summed E-state index contributed by atoms with van der Waals surface area (Å²) in [6.45, 7) is 14.2. The first kappa shape index (κ1) is 30.0. The van der Waals surface area contributed by atoms with Gasteiger partial charge in [0.1, 0.15) is 23.4 Å². The molecule has 2 atom stereocenters. The molecule has 37 heavy (non-hydrogen) atoms. The summed E-state index contributed by atoms with van der Waals surface area (Å²) in [5.41, 5.74) is 0.965. The predicted octanol–water partition coefficient (Wildman–Crippen LogP) is 5.14. The molecule has 0 spiro atoms. The Kier molecular flexibility index (Phi) is 9.66. The van der Waals surface area contributed by atoms with Gasteiger partial charge in [-0.15, -0.1) is 0 Å². The van der Waals surface area contributed by atoms with Crippen LogP contribution in [0.1, 0.15) is 64.3 Å². The minimum Gasteiger partial charge on any atom is -0.508 e. The number of phenolic OH excluding ortho intramolecular Hbond substituents is 1. The molecule has 0 radical (unpaired) electrons. The van der Waals surface area contributed by atoms with Crippen molar-refractivity contribution in [2.75, 3.05) is 11.1 Å². The van der Waals surface area contributed by atoms with Gasteiger partial charge < -0.3 is 25.4 Å². The molecule has 0 aliphatic carbocycles. The molecule has 0 saturated carbocycles. The lowest BCUT2D eigenvalue weighted by molar-refractivity contribution is -0.146. The summed E-state index contributed by atoms with van der Waals surface area (Å²) in [4.78, 5) is 41.8. The van der Waals surface area contributed by atoms with Crippen LogP contribution in [0.15, 0.2) is 42.5 Å². The highest BCUT2D eigenvalue weighted by molar-refractivity contribution is 7.80. The van der Waals surface area contributed by atoms with Crippen molar-refractivity contribution in [1.29, 1.82) is 0 Å². The molecule has 3 N–H and O–H groups in total. The molecule has 8 nitrogen and oxygen atoms in total. The van der Waals surface area contributed by atoms with Crippen LogP contribution >= 0.6 is 12.6 Å². The molecule has 9 heteroatoms. The van der Waals surface area contributed by atoms with Crippen molar-refractivity contribution >= 4 is 36.2 Å². The first-order valence-electron chi connectivity index (χ1n) is 12.1. The van der Waals surface area contributed by atoms with Crippen LogP contribution in [0.3, 0.4) is 0 Å². The Hall–Kier alpha value is -3.20. The number of carbonyl (C=O) groups excluding carboxylic acids is 3. The van der Waals surface area contributed by atoms with Gasteiger partial charge in [0.05, 0.1) is 0 Å². The van der Waals surface area contributed by atoms with Crippen molar-refractivity contribution < 1.29 is 24.2 Å². The Morgan fingerprint density at radius 3 is 2.14 bits per heavy atom. The summed E-state index contributed by atoms with van der Waals surface area (Å²) >= 11 is 4.31. The van der Waals surface area contributed by atoms with Crippen LogP contribution in [0.25, 0.3) is 0 Å². The van der Waals surface area contributed by atoms with Crippen LogP contribution in [-0.4, -0.2) is 50.8 Å². The second kappa shape index (κ2) is 11.9. The number of nitrogens with zero attached hydrogens (tertiary/aromatic N) is 1. The summed E-state index contributed by atoms with van der Waals surface area (Å²) in [5, 5.41) is 15.7. The third kappa shape index (κ3) is 8.15. The third-order valence-electron chi connectivity index (χ3n) is 5.58. The Balaban J connectivity index is 2.58. The van der Waals surface area contributed by atoms with Gasteiger partial charge in [0, 0.05) is 17.0 Å². The third-order valence-corrected chi connectivity index (χ3v) is 5.94. The van der Waals surface area contributed by atoms with Crippen molar-refractivity contribution in [3.63, 3.8) is 0 Å². The highest BCUT2D eigenvalue weighted by Crippen LogP contribution is 2.33. The SMILES string of the molecule is Cc1cc(C(C(=O)Nc2ccccc2C)N(C(=O)C(CS)NC(=O)OC(C)(C)C)C(C)(C)C)ccc1O. The van der Waals surface area contributed by atoms with Crippen molar-refractivity contribution in [2.45, 2.75) is 78.6 Å². The molecule has 0 aliphatic rings. The average Bonchev–Trinajstić information content (AvgIpc) is 2.76. The fraction of sp³-hybridized carbons (Fsp3) is 0.464. The second-order valence-electron chi connectivity index (χ2n) is 11.0. The first-order valence-corrected chi connectivity index (χ1v) is 12.8. The Morgan fingerprint density at radius 1 is 1.00 bits per heavy atom. The predicted molar refractivity (Wildman–Crippen MR) is 149 cm³/mol. The van der Waals surface area contributed by atoms with Gasteiger partial charge in [-0.2, -0.15) is 12.6 Å². The number of benzene rings is 2. The van der Waals surface area contributed by atoms with Crippen molar-refractivity contribution in [3.8, 4) is 5.75 Å². The maximum atomic E-state index is 14.0. The van der Waals surface area contributed by atoms with E-state index in [0.717, 1.165) is 5.56 Å². The van der Waals surface area contributed by atoms with E-state index in [2.05, 4.69) is 23.3 Å². The number of thiol groups is 1. The molecule has 2 aromatic rings. The van der Waals surface area contributed by atoms with E-state index >= 15 is 0 Å². The minimum absolute atomic E-state index is 0.00854. The molecular formula is C28H39N3O5S. The van der Waals surface area contributed by atoms with Crippen LogP contribution in [-0.2, 0) is 14.3 Å². The molecule has 0 saturated heterocycles. The van der Waals surface area contributed by atoms with Gasteiger partial charge >= 0.3 is 6.09 Å². The number of phenols is 1. The Labute approximate surface area is 225 Å². The van der Waals surface area contributed by atoms with Crippen LogP contribution in [0.2, 0.25) is 0 Å². The van der Waals surface area contributed by atoms with Gasteiger partial charge in [-0.05, 0) is 90.3 Å². The second-order valence-corrected chi connectivity index (χ2v) is 11.4. The number of nitrogens with one attached hydrogen (secondary N) is 2. The largest absolute Gasteiger partial charge is 0.508 e. The summed E-state index contributed by atoms with van der Waals surface area (Å²) in [7, 11) is 0. The highest BCUT2D eigenvalue weighted by atomic mass is 32.1. The first-order chi connectivity index (χ1) is 17.0. The zero-order valence-electron chi connectivity index (χ0n) is 22.9. The van der Waals surface area contributed by atoms with Gasteiger partial charge in [-0.1, -0.05) is 24.3 Å². The zero-order chi connectivity index (χ0) is 28.1. The van der Waals surface area contributed by atoms with E-state index in [4.69, 9.17) is 4.74 Å². The van der Waals surface area contributed by atoms with E-state index < -0.39 is 41.1 Å². The van der Waals surface area contributed by atoms with E-state index in [9.17, 15) is 19.5 Å². The van der Waals surface area contributed by atoms with Crippen LogP contribution in [0.4, 0.5) is 10.5 Å². The number of aromatic hydroxyl groups is 1. The van der Waals surface area contributed by atoms with Crippen LogP contribution in [0, 0.1) is 13.8 Å². The lowest BCUT2D eigenvalue weighted by Crippen LogP contribution is -2.58. The summed E-state index contributed by atoms with van der Waals surface area (Å²) in [5.74, 6) is -0.858. The Bertz CT molecular complexity index is 1140. The molecule has 2 rings (SSSR count). The number of hydrogen-bond donors (Lipinski definition) is 4. The smallest absolute Gasteiger partial charge is 0.408 e. The molecule has 0 aromatic heterocycles. The molecule has 0 aliphatic heterocycles. The lowest BCUT2D eigenvalue weighted by Gasteiger charge is -2.43. The van der Waals surface area contributed by atoms with Crippen molar-refractivity contribution in [3.05, 3.63) is 59.2 Å². The normalized spacial score (nSPS) is 13.3. The summed E-state index contributed by atoms with van der Waals surface area (Å²) in [6, 6.07) is 10.0. The number of para-hydroxylation sites is 1. The maximum Gasteiger partial charge on any atom is 0.408 e. The Morgan fingerprint density at radius 2 is 1.62 bits per heavy atom. The number of ether oxygens (including phenoxy) is 1. The zero-order valence-corrected chi connectivity index (χ0v) is 23.8. The quantitative estimate of drug-likeness (QED) is 0.372. The van der Waals surface area contributed by atoms with Gasteiger partial charge in [-0.25, -0.2) is 4.79 Å². The van der Waals surface area contributed by atoms with E-state index in [1.54, 1.807) is 45.9 Å². The van der Waals surface area contributed by atoms with Gasteiger partial charge in [0.25, 0.3) is 5.91 Å². The van der Waals surface area contributed by atoms with Crippen LogP contribution in [0.5, 0.6) is 5.75 Å². The van der Waals surface area contributed by atoms with Gasteiger partial charge in [0.2, 0.25) is 5.91 Å². The van der Waals surface area contributed by atoms with Gasteiger partial charge in [0.15, 0.2) is 0 Å². The molecule has 0 bridgehead atoms. The number of amides is 3. The molecule has 202 valence electrons. The molecule has 2 aromatic carbocycles. The average molecular weight is 530 g/mol. The van der Waals surface area contributed by atoms with E-state index in [1.165, 1.54) is 11.0 Å². The molecule has 0 fully saturated rings. The summed E-state index contributed by atoms with van der Waals surface area (Å²) in [6.07, 6.45) is -0.754. The number of carbonyl (C=O) groups is 3. The van der Waals surface area contributed by atoms with Crippen molar-refractivity contribution in [1.82, 2.24) is 10.2 Å². The minimum atomic E-state index is -1.07. The number of alkyl carbamates (subject to hydrolysis) is 1. The topological polar surface area (TPSA) is 108 Å². The molecule has 3 amide bonds. The fourth-order valence-electron chi connectivity index (χ4n) is 3.83. The molecule has 0 heterocycles. The number of hydrogen-bond acceptors (Lipinski definition) is 6. The monoisotopic (exact) mass is 529 g/mol. The molecule has 2 unspecified atom stereocenters. The van der Waals surface area contributed by atoms with Crippen LogP contribution < -0.4 is 10.6 Å². The fourth-order valence-corrected chi connectivity index (χ4v) is 4.08. The lowest BCUT2D eigenvalue weighted by atomic mass is 9.94. The summed E-state index contributed by atoms with van der Waals surface area (Å²) < 4.78 is 5.34. The van der Waals surface area contributed by atoms with E-state index in [-0.39, 0.29) is 11.5 Å². The van der Waals surface area contributed by atoms with E-state index in [0.29, 0.717) is 16.8 Å². The number of rotatable bonds is 7. The van der Waals surface area contributed by atoms with E-state index in [1.807, 2.05) is 45.9 Å². The number of aryl methyl sites for hydroxylation is 2. The standard InChI is InChI=1S/C28H39N3O5S/c1-17-11-9-10-12-20(17)29-24(33)23(19-13-14-22(32)18(2)15-19)31(27(3,4)5)25(34)21(16-37)30-26(35)36-28(6,7)8/h9-15,21,23,32,37H,16H2,1-8H3,(H,29,33)(H,30,35). The number of anilines is 1. The maximum absolute atomic E-state index is 14.0. The van der Waals surface area contributed by atoms with Crippen molar-refractivity contribution in [2.24, 2.45) is 0 Å². The highest BCUT2D eigenvalue weighted by Gasteiger charge is 2.41. The molecular weight excluding hydrogens is 490 g/mol. The van der Waals surface area contributed by atoms with Gasteiger partial charge in [-0.3, -0.25) is 9.59 Å².